The average Bonchev–Trinajstić information content (AvgIpc) is 3.17. The third kappa shape index (κ3) is 5.41. The van der Waals surface area contributed by atoms with E-state index < -0.39 is 0 Å². The molecule has 4 aromatic rings. The van der Waals surface area contributed by atoms with Crippen LogP contribution in [0, 0.1) is 0 Å². The molecular formula is C27H28N2O2. The fraction of sp³-hybridized carbons (Fsp3) is 0.222. The number of benzene rings is 3. The van der Waals surface area contributed by atoms with Crippen molar-refractivity contribution in [2.45, 2.75) is 19.4 Å². The molecule has 0 spiro atoms. The highest BCUT2D eigenvalue weighted by Gasteiger charge is 2.08. The maximum atomic E-state index is 12.5. The zero-order chi connectivity index (χ0) is 21.6. The molecule has 0 unspecified atom stereocenters. The van der Waals surface area contributed by atoms with Crippen molar-refractivity contribution in [3.63, 3.8) is 0 Å². The van der Waals surface area contributed by atoms with E-state index in [1.165, 1.54) is 5.52 Å². The lowest BCUT2D eigenvalue weighted by molar-refractivity contribution is 0.0993. The summed E-state index contributed by atoms with van der Waals surface area (Å²) in [7, 11) is 4.20. The van der Waals surface area contributed by atoms with Gasteiger partial charge in [0, 0.05) is 35.6 Å². The maximum Gasteiger partial charge on any atom is 0.167 e. The molecular weight excluding hydrogens is 384 g/mol. The lowest BCUT2D eigenvalue weighted by Crippen LogP contribution is -2.14. The summed E-state index contributed by atoms with van der Waals surface area (Å²) in [5.74, 6) is 1.62. The smallest absolute Gasteiger partial charge is 0.167 e. The van der Waals surface area contributed by atoms with Crippen molar-refractivity contribution in [3.05, 3.63) is 96.2 Å². The maximum absolute atomic E-state index is 12.5. The van der Waals surface area contributed by atoms with Gasteiger partial charge in [-0.25, -0.2) is 0 Å². The Hall–Kier alpha value is -3.37. The van der Waals surface area contributed by atoms with Crippen molar-refractivity contribution in [1.29, 1.82) is 0 Å². The molecule has 0 bridgehead atoms. The van der Waals surface area contributed by atoms with Crippen LogP contribution in [0.15, 0.2) is 85.1 Å². The number of Topliss-reactive ketones (excluding diaryl/α,β-unsaturated/α-hetero) is 1. The van der Waals surface area contributed by atoms with Crippen LogP contribution in [0.1, 0.15) is 22.3 Å². The largest absolute Gasteiger partial charge is 0.457 e. The van der Waals surface area contributed by atoms with Gasteiger partial charge in [-0.1, -0.05) is 30.3 Å². The molecule has 0 aliphatic rings. The summed E-state index contributed by atoms with van der Waals surface area (Å²) in [5.41, 5.74) is 2.93. The lowest BCUT2D eigenvalue weighted by Gasteiger charge is -2.11. The molecule has 0 aliphatic carbocycles. The Labute approximate surface area is 183 Å². The molecule has 158 valence electrons. The van der Waals surface area contributed by atoms with E-state index >= 15 is 0 Å². The Balaban J connectivity index is 1.40. The van der Waals surface area contributed by atoms with Crippen molar-refractivity contribution in [3.8, 4) is 11.5 Å². The molecule has 31 heavy (non-hydrogen) atoms. The van der Waals surface area contributed by atoms with Gasteiger partial charge in [0.05, 0.1) is 0 Å². The van der Waals surface area contributed by atoms with Crippen LogP contribution in [0.2, 0.25) is 0 Å². The van der Waals surface area contributed by atoms with E-state index in [1.54, 1.807) is 0 Å². The Morgan fingerprint density at radius 2 is 1.65 bits per heavy atom. The van der Waals surface area contributed by atoms with Gasteiger partial charge in [-0.2, -0.15) is 0 Å². The number of fused-ring (bicyclic) bond motifs is 1. The van der Waals surface area contributed by atoms with E-state index in [4.69, 9.17) is 4.74 Å². The van der Waals surface area contributed by atoms with Gasteiger partial charge in [-0.15, -0.1) is 0 Å². The first-order valence-corrected chi connectivity index (χ1v) is 10.7. The first-order chi connectivity index (χ1) is 15.1. The van der Waals surface area contributed by atoms with E-state index in [-0.39, 0.29) is 5.78 Å². The molecule has 1 aromatic heterocycles. The number of hydrogen-bond acceptors (Lipinski definition) is 3. The van der Waals surface area contributed by atoms with Crippen molar-refractivity contribution in [2.24, 2.45) is 0 Å². The molecule has 0 fully saturated rings. The monoisotopic (exact) mass is 412 g/mol. The number of ketones is 1. The molecule has 4 nitrogen and oxygen atoms in total. The van der Waals surface area contributed by atoms with Gasteiger partial charge in [-0.05, 0) is 81.2 Å². The molecule has 0 aliphatic heterocycles. The average molecular weight is 413 g/mol. The van der Waals surface area contributed by atoms with Crippen LogP contribution in [0.4, 0.5) is 0 Å². The quantitative estimate of drug-likeness (QED) is 0.325. The van der Waals surface area contributed by atoms with Crippen molar-refractivity contribution < 1.29 is 9.53 Å². The molecule has 4 heteroatoms. The van der Waals surface area contributed by atoms with Gasteiger partial charge in [-0.3, -0.25) is 4.79 Å². The minimum atomic E-state index is 0.106. The van der Waals surface area contributed by atoms with Crippen LogP contribution in [0.3, 0.4) is 0 Å². The molecule has 0 atom stereocenters. The summed E-state index contributed by atoms with van der Waals surface area (Å²) < 4.78 is 8.32. The van der Waals surface area contributed by atoms with Gasteiger partial charge in [0.25, 0.3) is 0 Å². The molecule has 0 N–H and O–H groups in total. The summed E-state index contributed by atoms with van der Waals surface area (Å²) >= 11 is 0. The van der Waals surface area contributed by atoms with Crippen LogP contribution in [-0.2, 0) is 13.0 Å². The fourth-order valence-electron chi connectivity index (χ4n) is 3.72. The van der Waals surface area contributed by atoms with E-state index in [2.05, 4.69) is 48.0 Å². The van der Waals surface area contributed by atoms with E-state index in [9.17, 15) is 4.79 Å². The number of rotatable bonds is 9. The third-order valence-electron chi connectivity index (χ3n) is 5.37. The summed E-state index contributed by atoms with van der Waals surface area (Å²) in [6.07, 6.45) is 3.66. The Kier molecular flexibility index (Phi) is 6.48. The summed E-state index contributed by atoms with van der Waals surface area (Å²) in [6.45, 7) is 2.07. The molecule has 1 heterocycles. The predicted molar refractivity (Wildman–Crippen MR) is 126 cm³/mol. The van der Waals surface area contributed by atoms with Gasteiger partial charge in [0.15, 0.2) is 5.78 Å². The first kappa shape index (κ1) is 20.9. The molecule has 0 saturated carbocycles. The van der Waals surface area contributed by atoms with Crippen LogP contribution < -0.4 is 4.74 Å². The van der Waals surface area contributed by atoms with Crippen LogP contribution in [0.5, 0.6) is 11.5 Å². The second-order valence-electron chi connectivity index (χ2n) is 8.10. The Bertz CT molecular complexity index is 1150. The summed E-state index contributed by atoms with van der Waals surface area (Å²) in [6, 6.07) is 25.5. The summed E-state index contributed by atoms with van der Waals surface area (Å²) in [5, 5.41) is 1.16. The zero-order valence-corrected chi connectivity index (χ0v) is 18.1. The molecule has 3 aromatic carbocycles. The molecule has 0 amide bonds. The minimum Gasteiger partial charge on any atom is -0.457 e. The Morgan fingerprint density at radius 1 is 0.903 bits per heavy atom. The number of hydrogen-bond donors (Lipinski definition) is 0. The van der Waals surface area contributed by atoms with Gasteiger partial charge in [0.2, 0.25) is 0 Å². The number of carbonyl (C=O) groups is 1. The van der Waals surface area contributed by atoms with Gasteiger partial charge < -0.3 is 14.2 Å². The number of carbonyl (C=O) groups excluding carboxylic acids is 1. The summed E-state index contributed by atoms with van der Waals surface area (Å²) in [4.78, 5) is 14.7. The van der Waals surface area contributed by atoms with E-state index in [1.807, 2.05) is 60.7 Å². The molecule has 0 radical (unpaired) electrons. The van der Waals surface area contributed by atoms with Crippen molar-refractivity contribution in [1.82, 2.24) is 9.47 Å². The van der Waals surface area contributed by atoms with Crippen LogP contribution in [0.25, 0.3) is 10.9 Å². The second-order valence-corrected chi connectivity index (χ2v) is 8.10. The zero-order valence-electron chi connectivity index (χ0n) is 18.1. The third-order valence-corrected chi connectivity index (χ3v) is 5.37. The number of ether oxygens (including phenoxy) is 1. The Morgan fingerprint density at radius 3 is 2.39 bits per heavy atom. The second kappa shape index (κ2) is 9.63. The van der Waals surface area contributed by atoms with Crippen molar-refractivity contribution >= 4 is 16.7 Å². The van der Waals surface area contributed by atoms with Crippen LogP contribution in [-0.4, -0.2) is 35.9 Å². The van der Waals surface area contributed by atoms with E-state index in [0.29, 0.717) is 12.0 Å². The van der Waals surface area contributed by atoms with Crippen molar-refractivity contribution in [2.75, 3.05) is 20.6 Å². The predicted octanol–water partition coefficient (Wildman–Crippen LogP) is 5.81. The minimum absolute atomic E-state index is 0.106. The SMILES string of the molecule is CN(C)CCCn1ccc2cc(Oc3ccc(C(=O)Cc4ccccc4)cc3)ccc21. The highest BCUT2D eigenvalue weighted by atomic mass is 16.5. The standard InChI is InChI=1S/C27H28N2O2/c1-28(2)16-6-17-29-18-15-23-20-25(13-14-26(23)29)31-24-11-9-22(10-12-24)27(30)19-21-7-4-3-5-8-21/h3-5,7-15,18,20H,6,16-17,19H2,1-2H3. The number of nitrogens with zero attached hydrogens (tertiary/aromatic N) is 2. The first-order valence-electron chi connectivity index (χ1n) is 10.7. The van der Waals surface area contributed by atoms with E-state index in [0.717, 1.165) is 42.0 Å². The van der Waals surface area contributed by atoms with Gasteiger partial charge in [0.1, 0.15) is 11.5 Å². The molecule has 4 rings (SSSR count). The normalized spacial score (nSPS) is 11.2. The fourth-order valence-corrected chi connectivity index (χ4v) is 3.72. The molecule has 0 saturated heterocycles. The number of aromatic nitrogens is 1. The number of aryl methyl sites for hydroxylation is 1. The topological polar surface area (TPSA) is 34.5 Å². The lowest BCUT2D eigenvalue weighted by atomic mass is 10.0. The van der Waals surface area contributed by atoms with Gasteiger partial charge >= 0.3 is 0 Å². The van der Waals surface area contributed by atoms with Crippen LogP contribution >= 0.6 is 0 Å². The highest BCUT2D eigenvalue weighted by molar-refractivity contribution is 5.97. The highest BCUT2D eigenvalue weighted by Crippen LogP contribution is 2.27.